The van der Waals surface area contributed by atoms with E-state index >= 15 is 0 Å². The van der Waals surface area contributed by atoms with Crippen LogP contribution in [0.4, 0.5) is 5.69 Å². The molecular formula is C20H21N3O3S3. The smallest absolute Gasteiger partial charge is 0.244 e. The third-order valence-electron chi connectivity index (χ3n) is 4.46. The molecule has 0 fully saturated rings. The second kappa shape index (κ2) is 8.58. The Hall–Kier alpha value is -2.33. The number of hydrogen-bond donors (Lipinski definition) is 2. The molecule has 9 heteroatoms. The molecule has 0 unspecified atom stereocenters. The van der Waals surface area contributed by atoms with Crippen LogP contribution in [0, 0.1) is 17.8 Å². The molecule has 0 aliphatic heterocycles. The van der Waals surface area contributed by atoms with Gasteiger partial charge in [-0.1, -0.05) is 35.9 Å². The first-order valence-electron chi connectivity index (χ1n) is 8.80. The number of benzene rings is 2. The summed E-state index contributed by atoms with van der Waals surface area (Å²) in [5.41, 5.74) is 4.01. The normalized spacial score (nSPS) is 11.4. The first-order chi connectivity index (χ1) is 13.7. The van der Waals surface area contributed by atoms with E-state index in [1.807, 2.05) is 36.6 Å². The van der Waals surface area contributed by atoms with Crippen molar-refractivity contribution in [2.24, 2.45) is 0 Å². The molecule has 0 saturated heterocycles. The van der Waals surface area contributed by atoms with Crippen molar-refractivity contribution in [2.75, 3.05) is 12.4 Å². The van der Waals surface area contributed by atoms with Crippen molar-refractivity contribution >= 4 is 45.2 Å². The number of aromatic nitrogens is 1. The molecule has 152 valence electrons. The highest BCUT2D eigenvalue weighted by atomic mass is 32.2. The van der Waals surface area contributed by atoms with Crippen LogP contribution in [0.15, 0.2) is 52.7 Å². The van der Waals surface area contributed by atoms with E-state index in [9.17, 15) is 13.2 Å². The number of nitrogens with one attached hydrogen (secondary N) is 2. The zero-order valence-corrected chi connectivity index (χ0v) is 18.7. The summed E-state index contributed by atoms with van der Waals surface area (Å²) in [6, 6.07) is 12.8. The van der Waals surface area contributed by atoms with E-state index in [4.69, 9.17) is 12.2 Å². The van der Waals surface area contributed by atoms with E-state index in [2.05, 4.69) is 10.0 Å². The van der Waals surface area contributed by atoms with Crippen molar-refractivity contribution in [3.63, 3.8) is 0 Å². The standard InChI is InChI=1S/C20H21N3O3S3/c1-13-4-7-15(8-5-13)17-12-28-20(27)23(17)11-19(24)22-16-9-6-14(2)18(10-16)29(25,26)21-3/h4-10,12,21H,11H2,1-3H3,(H,22,24). The fourth-order valence-corrected chi connectivity index (χ4v) is 4.92. The van der Waals surface area contributed by atoms with Crippen LogP contribution in [0.5, 0.6) is 0 Å². The van der Waals surface area contributed by atoms with Gasteiger partial charge in [-0.3, -0.25) is 4.79 Å². The molecule has 2 N–H and O–H groups in total. The topological polar surface area (TPSA) is 80.2 Å². The van der Waals surface area contributed by atoms with Gasteiger partial charge in [-0.2, -0.15) is 0 Å². The zero-order chi connectivity index (χ0) is 21.2. The fourth-order valence-electron chi connectivity index (χ4n) is 2.85. The van der Waals surface area contributed by atoms with Gasteiger partial charge in [0.15, 0.2) is 3.95 Å². The van der Waals surface area contributed by atoms with E-state index in [1.165, 1.54) is 24.5 Å². The van der Waals surface area contributed by atoms with Crippen molar-refractivity contribution in [1.29, 1.82) is 0 Å². The third-order valence-corrected chi connectivity index (χ3v) is 7.29. The predicted octanol–water partition coefficient (Wildman–Crippen LogP) is 4.11. The maximum absolute atomic E-state index is 12.6. The van der Waals surface area contributed by atoms with Gasteiger partial charge in [-0.25, -0.2) is 13.1 Å². The Labute approximate surface area is 179 Å². The number of hydrogen-bond acceptors (Lipinski definition) is 5. The van der Waals surface area contributed by atoms with Crippen molar-refractivity contribution < 1.29 is 13.2 Å². The van der Waals surface area contributed by atoms with Gasteiger partial charge in [0.05, 0.1) is 10.6 Å². The summed E-state index contributed by atoms with van der Waals surface area (Å²) in [4.78, 5) is 12.8. The molecule has 0 spiro atoms. The van der Waals surface area contributed by atoms with Gasteiger partial charge in [-0.15, -0.1) is 11.3 Å². The highest BCUT2D eigenvalue weighted by Gasteiger charge is 2.16. The summed E-state index contributed by atoms with van der Waals surface area (Å²) in [6.07, 6.45) is 0. The van der Waals surface area contributed by atoms with Gasteiger partial charge in [0.1, 0.15) is 6.54 Å². The highest BCUT2D eigenvalue weighted by molar-refractivity contribution is 7.89. The van der Waals surface area contributed by atoms with E-state index < -0.39 is 10.0 Å². The number of aryl methyl sites for hydroxylation is 2. The lowest BCUT2D eigenvalue weighted by Gasteiger charge is -2.12. The molecule has 29 heavy (non-hydrogen) atoms. The van der Waals surface area contributed by atoms with Crippen molar-refractivity contribution in [2.45, 2.75) is 25.3 Å². The second-order valence-corrected chi connectivity index (χ2v) is 9.93. The number of anilines is 1. The summed E-state index contributed by atoms with van der Waals surface area (Å²) in [6.45, 7) is 3.75. The van der Waals surface area contributed by atoms with E-state index in [0.29, 0.717) is 15.2 Å². The predicted molar refractivity (Wildman–Crippen MR) is 119 cm³/mol. The lowest BCUT2D eigenvalue weighted by Crippen LogP contribution is -2.21. The van der Waals surface area contributed by atoms with Crippen molar-refractivity contribution in [3.8, 4) is 11.3 Å². The van der Waals surface area contributed by atoms with Gasteiger partial charge in [0.2, 0.25) is 15.9 Å². The molecule has 1 amide bonds. The molecular weight excluding hydrogens is 426 g/mol. The van der Waals surface area contributed by atoms with E-state index in [-0.39, 0.29) is 17.3 Å². The highest BCUT2D eigenvalue weighted by Crippen LogP contribution is 2.25. The Morgan fingerprint density at radius 1 is 1.14 bits per heavy atom. The lowest BCUT2D eigenvalue weighted by atomic mass is 10.1. The molecule has 0 radical (unpaired) electrons. The van der Waals surface area contributed by atoms with Gasteiger partial charge < -0.3 is 9.88 Å². The largest absolute Gasteiger partial charge is 0.324 e. The summed E-state index contributed by atoms with van der Waals surface area (Å²) in [7, 11) is -2.26. The van der Waals surface area contributed by atoms with Crippen LogP contribution in [-0.4, -0.2) is 25.9 Å². The zero-order valence-electron chi connectivity index (χ0n) is 16.2. The maximum atomic E-state index is 12.6. The van der Waals surface area contributed by atoms with Crippen molar-refractivity contribution in [3.05, 3.63) is 62.9 Å². The number of carbonyl (C=O) groups excluding carboxylic acids is 1. The minimum atomic E-state index is -3.61. The molecule has 0 aliphatic carbocycles. The van der Waals surface area contributed by atoms with Crippen molar-refractivity contribution in [1.82, 2.24) is 9.29 Å². The van der Waals surface area contributed by atoms with Gasteiger partial charge in [-0.05, 0) is 56.4 Å². The van der Waals surface area contributed by atoms with Gasteiger partial charge >= 0.3 is 0 Å². The van der Waals surface area contributed by atoms with Crippen LogP contribution in [0.1, 0.15) is 11.1 Å². The van der Waals surface area contributed by atoms with Crippen LogP contribution >= 0.6 is 23.6 Å². The average molecular weight is 448 g/mol. The Bertz CT molecular complexity index is 1210. The molecule has 3 aromatic rings. The Balaban J connectivity index is 1.84. The van der Waals surface area contributed by atoms with Gasteiger partial charge in [0.25, 0.3) is 0 Å². The molecule has 2 aromatic carbocycles. The molecule has 0 atom stereocenters. The summed E-state index contributed by atoms with van der Waals surface area (Å²) in [5, 5.41) is 4.70. The molecule has 6 nitrogen and oxygen atoms in total. The minimum absolute atomic E-state index is 0.0352. The van der Waals surface area contributed by atoms with Crippen LogP contribution < -0.4 is 10.0 Å². The van der Waals surface area contributed by atoms with Crippen LogP contribution in [0.25, 0.3) is 11.3 Å². The number of sulfonamides is 1. The number of rotatable bonds is 6. The summed E-state index contributed by atoms with van der Waals surface area (Å²) in [5.74, 6) is -0.287. The number of thiazole rings is 1. The van der Waals surface area contributed by atoms with Crippen LogP contribution in [0.3, 0.4) is 0 Å². The quantitative estimate of drug-likeness (QED) is 0.557. The molecule has 3 rings (SSSR count). The fraction of sp³-hybridized carbons (Fsp3) is 0.200. The summed E-state index contributed by atoms with van der Waals surface area (Å²) >= 11 is 6.80. The summed E-state index contributed by atoms with van der Waals surface area (Å²) < 4.78 is 29.0. The van der Waals surface area contributed by atoms with Gasteiger partial charge in [0, 0.05) is 11.1 Å². The van der Waals surface area contributed by atoms with E-state index in [1.54, 1.807) is 23.6 Å². The Morgan fingerprint density at radius 3 is 2.48 bits per heavy atom. The SMILES string of the molecule is CNS(=O)(=O)c1cc(NC(=O)Cn2c(-c3ccc(C)cc3)csc2=S)ccc1C. The lowest BCUT2D eigenvalue weighted by molar-refractivity contribution is -0.116. The third kappa shape index (κ3) is 4.81. The van der Waals surface area contributed by atoms with Crippen LogP contribution in [0.2, 0.25) is 0 Å². The first kappa shape index (κ1) is 21.4. The molecule has 1 heterocycles. The molecule has 0 bridgehead atoms. The molecule has 1 aromatic heterocycles. The average Bonchev–Trinajstić information content (AvgIpc) is 3.04. The Kier molecular flexibility index (Phi) is 6.33. The first-order valence-corrected chi connectivity index (χ1v) is 11.6. The second-order valence-electron chi connectivity index (χ2n) is 6.58. The van der Waals surface area contributed by atoms with Crippen LogP contribution in [-0.2, 0) is 21.4 Å². The van der Waals surface area contributed by atoms with E-state index in [0.717, 1.165) is 16.8 Å². The maximum Gasteiger partial charge on any atom is 0.244 e. The molecule has 0 saturated carbocycles. The minimum Gasteiger partial charge on any atom is -0.324 e. The monoisotopic (exact) mass is 447 g/mol. The number of amides is 1. The number of carbonyl (C=O) groups is 1. The Morgan fingerprint density at radius 2 is 1.83 bits per heavy atom. The molecule has 0 aliphatic rings. The number of nitrogens with zero attached hydrogens (tertiary/aromatic N) is 1.